The zero-order valence-electron chi connectivity index (χ0n) is 6.47. The Labute approximate surface area is 87.7 Å². The van der Waals surface area contributed by atoms with E-state index in [1.54, 1.807) is 18.2 Å². The molecule has 0 unspecified atom stereocenters. The number of aromatic nitrogens is 1. The Kier molecular flexibility index (Phi) is 2.14. The SMILES string of the molecule is O=c1ccc2c(Br)cc(Cl)cc2[nH]1. The zero-order chi connectivity index (χ0) is 9.42. The van der Waals surface area contributed by atoms with Crippen LogP contribution in [0.5, 0.6) is 0 Å². The molecule has 1 heterocycles. The summed E-state index contributed by atoms with van der Waals surface area (Å²) in [5.41, 5.74) is 0.619. The molecule has 4 heteroatoms. The molecule has 0 atom stereocenters. The molecule has 0 aliphatic heterocycles. The number of hydrogen-bond acceptors (Lipinski definition) is 1. The molecule has 0 fully saturated rings. The molecule has 0 aliphatic carbocycles. The molecule has 0 amide bonds. The normalized spacial score (nSPS) is 10.6. The van der Waals surface area contributed by atoms with Crippen molar-refractivity contribution in [2.24, 2.45) is 0 Å². The molecule has 2 rings (SSSR count). The van der Waals surface area contributed by atoms with E-state index in [9.17, 15) is 4.79 Å². The average molecular weight is 259 g/mol. The fraction of sp³-hybridized carbons (Fsp3) is 0. The Hall–Kier alpha value is -0.800. The van der Waals surface area contributed by atoms with E-state index in [1.807, 2.05) is 0 Å². The largest absolute Gasteiger partial charge is 0.322 e. The monoisotopic (exact) mass is 257 g/mol. The van der Waals surface area contributed by atoms with Crippen molar-refractivity contribution in [2.75, 3.05) is 0 Å². The van der Waals surface area contributed by atoms with Gasteiger partial charge in [-0.05, 0) is 18.2 Å². The zero-order valence-corrected chi connectivity index (χ0v) is 8.82. The first-order valence-corrected chi connectivity index (χ1v) is 4.82. The number of pyridine rings is 1. The van der Waals surface area contributed by atoms with Crippen LogP contribution in [0.3, 0.4) is 0 Å². The van der Waals surface area contributed by atoms with Gasteiger partial charge in [0.2, 0.25) is 5.56 Å². The van der Waals surface area contributed by atoms with Gasteiger partial charge in [0.15, 0.2) is 0 Å². The number of benzene rings is 1. The van der Waals surface area contributed by atoms with Crippen LogP contribution < -0.4 is 5.56 Å². The predicted octanol–water partition coefficient (Wildman–Crippen LogP) is 2.94. The van der Waals surface area contributed by atoms with Crippen LogP contribution in [-0.2, 0) is 0 Å². The Bertz CT molecular complexity index is 520. The van der Waals surface area contributed by atoms with E-state index in [0.717, 1.165) is 15.4 Å². The van der Waals surface area contributed by atoms with E-state index in [0.29, 0.717) is 5.02 Å². The summed E-state index contributed by atoms with van der Waals surface area (Å²) in [6.45, 7) is 0. The summed E-state index contributed by atoms with van der Waals surface area (Å²) in [7, 11) is 0. The van der Waals surface area contributed by atoms with E-state index < -0.39 is 0 Å². The van der Waals surface area contributed by atoms with Gasteiger partial charge in [0.25, 0.3) is 0 Å². The number of hydrogen-bond donors (Lipinski definition) is 1. The topological polar surface area (TPSA) is 32.9 Å². The van der Waals surface area contributed by atoms with E-state index >= 15 is 0 Å². The molecule has 0 saturated heterocycles. The van der Waals surface area contributed by atoms with Crippen LogP contribution in [0, 0.1) is 0 Å². The smallest absolute Gasteiger partial charge is 0.248 e. The first-order chi connectivity index (χ1) is 6.16. The molecule has 2 aromatic rings. The maximum atomic E-state index is 11.0. The highest BCUT2D eigenvalue weighted by Gasteiger charge is 2.00. The lowest BCUT2D eigenvalue weighted by molar-refractivity contribution is 1.30. The van der Waals surface area contributed by atoms with Crippen molar-refractivity contribution in [3.63, 3.8) is 0 Å². The lowest BCUT2D eigenvalue weighted by Gasteiger charge is -2.00. The van der Waals surface area contributed by atoms with Crippen LogP contribution in [0.15, 0.2) is 33.5 Å². The molecule has 1 aromatic carbocycles. The number of fused-ring (bicyclic) bond motifs is 1. The highest BCUT2D eigenvalue weighted by atomic mass is 79.9. The van der Waals surface area contributed by atoms with E-state index in [1.165, 1.54) is 6.07 Å². The molecule has 0 aliphatic rings. The molecule has 66 valence electrons. The maximum absolute atomic E-state index is 11.0. The summed E-state index contributed by atoms with van der Waals surface area (Å²) in [6.07, 6.45) is 0. The highest BCUT2D eigenvalue weighted by Crippen LogP contribution is 2.25. The summed E-state index contributed by atoms with van der Waals surface area (Å²) < 4.78 is 0.881. The molecule has 1 N–H and O–H groups in total. The van der Waals surface area contributed by atoms with Gasteiger partial charge in [-0.15, -0.1) is 0 Å². The lowest BCUT2D eigenvalue weighted by Crippen LogP contribution is -2.02. The van der Waals surface area contributed by atoms with Crippen molar-refractivity contribution in [3.8, 4) is 0 Å². The van der Waals surface area contributed by atoms with Gasteiger partial charge in [-0.2, -0.15) is 0 Å². The minimum Gasteiger partial charge on any atom is -0.322 e. The Morgan fingerprint density at radius 3 is 2.85 bits per heavy atom. The van der Waals surface area contributed by atoms with Crippen molar-refractivity contribution in [3.05, 3.63) is 44.1 Å². The fourth-order valence-corrected chi connectivity index (χ4v) is 2.13. The average Bonchev–Trinajstić information content (AvgIpc) is 2.02. The van der Waals surface area contributed by atoms with Crippen molar-refractivity contribution in [2.45, 2.75) is 0 Å². The quantitative estimate of drug-likeness (QED) is 0.774. The van der Waals surface area contributed by atoms with E-state index in [-0.39, 0.29) is 5.56 Å². The van der Waals surface area contributed by atoms with Crippen molar-refractivity contribution >= 4 is 38.4 Å². The molecule has 0 radical (unpaired) electrons. The summed E-state index contributed by atoms with van der Waals surface area (Å²) >= 11 is 9.19. The molecular weight excluding hydrogens is 253 g/mol. The summed E-state index contributed by atoms with van der Waals surface area (Å²) in [5.74, 6) is 0. The molecule has 2 nitrogen and oxygen atoms in total. The Balaban J connectivity index is 2.94. The third-order valence-corrected chi connectivity index (χ3v) is 2.63. The second-order valence-corrected chi connectivity index (χ2v) is 3.96. The van der Waals surface area contributed by atoms with Crippen LogP contribution in [-0.4, -0.2) is 4.98 Å². The number of halogens is 2. The standard InChI is InChI=1S/C9H5BrClNO/c10-7-3-5(11)4-8-6(7)1-2-9(13)12-8/h1-4H,(H,12,13). The first-order valence-electron chi connectivity index (χ1n) is 3.65. The van der Waals surface area contributed by atoms with Crippen molar-refractivity contribution < 1.29 is 0 Å². The van der Waals surface area contributed by atoms with E-state index in [2.05, 4.69) is 20.9 Å². The molecule has 0 spiro atoms. The first kappa shape index (κ1) is 8.78. The number of rotatable bonds is 0. The van der Waals surface area contributed by atoms with Crippen molar-refractivity contribution in [1.82, 2.24) is 4.98 Å². The minimum atomic E-state index is -0.123. The highest BCUT2D eigenvalue weighted by molar-refractivity contribution is 9.10. The Morgan fingerprint density at radius 2 is 2.08 bits per heavy atom. The minimum absolute atomic E-state index is 0.123. The fourth-order valence-electron chi connectivity index (χ4n) is 1.19. The van der Waals surface area contributed by atoms with Gasteiger partial charge in [0.1, 0.15) is 0 Å². The number of nitrogens with one attached hydrogen (secondary N) is 1. The van der Waals surface area contributed by atoms with Crippen LogP contribution in [0.1, 0.15) is 0 Å². The third-order valence-electron chi connectivity index (χ3n) is 1.75. The number of aromatic amines is 1. The summed E-state index contributed by atoms with van der Waals surface area (Å²) in [6, 6.07) is 6.76. The molecule has 13 heavy (non-hydrogen) atoms. The summed E-state index contributed by atoms with van der Waals surface area (Å²) in [5, 5.41) is 1.55. The van der Waals surface area contributed by atoms with Gasteiger partial charge >= 0.3 is 0 Å². The van der Waals surface area contributed by atoms with Gasteiger partial charge in [0.05, 0.1) is 5.52 Å². The molecule has 0 bridgehead atoms. The van der Waals surface area contributed by atoms with Crippen LogP contribution >= 0.6 is 27.5 Å². The van der Waals surface area contributed by atoms with Gasteiger partial charge in [0, 0.05) is 20.9 Å². The van der Waals surface area contributed by atoms with Crippen molar-refractivity contribution in [1.29, 1.82) is 0 Å². The predicted molar refractivity (Wildman–Crippen MR) is 57.3 cm³/mol. The third kappa shape index (κ3) is 1.62. The van der Waals surface area contributed by atoms with Gasteiger partial charge < -0.3 is 4.98 Å². The second-order valence-electron chi connectivity index (χ2n) is 2.67. The van der Waals surface area contributed by atoms with Gasteiger partial charge in [-0.3, -0.25) is 4.79 Å². The lowest BCUT2D eigenvalue weighted by atomic mass is 10.2. The Morgan fingerprint density at radius 1 is 1.31 bits per heavy atom. The van der Waals surface area contributed by atoms with E-state index in [4.69, 9.17) is 11.6 Å². The number of H-pyrrole nitrogens is 1. The molecule has 1 aromatic heterocycles. The van der Waals surface area contributed by atoms with Gasteiger partial charge in [-0.1, -0.05) is 27.5 Å². The maximum Gasteiger partial charge on any atom is 0.248 e. The van der Waals surface area contributed by atoms with Crippen LogP contribution in [0.25, 0.3) is 10.9 Å². The van der Waals surface area contributed by atoms with Crippen LogP contribution in [0.2, 0.25) is 5.02 Å². The van der Waals surface area contributed by atoms with Gasteiger partial charge in [-0.25, -0.2) is 0 Å². The molecular formula is C9H5BrClNO. The molecule has 0 saturated carbocycles. The van der Waals surface area contributed by atoms with Crippen LogP contribution in [0.4, 0.5) is 0 Å². The summed E-state index contributed by atoms with van der Waals surface area (Å²) in [4.78, 5) is 13.7. The second kappa shape index (κ2) is 3.16.